The molecule has 0 amide bonds. The minimum atomic E-state index is 0.646. The van der Waals surface area contributed by atoms with Gasteiger partial charge in [0.1, 0.15) is 5.82 Å². The van der Waals surface area contributed by atoms with Gasteiger partial charge in [0.25, 0.3) is 0 Å². The number of hydrogen-bond donors (Lipinski definition) is 2. The van der Waals surface area contributed by atoms with Gasteiger partial charge in [0, 0.05) is 11.3 Å². The number of nitrogens with zero attached hydrogens (tertiary/aromatic N) is 1. The van der Waals surface area contributed by atoms with E-state index in [2.05, 4.69) is 48.3 Å². The van der Waals surface area contributed by atoms with Crippen LogP contribution in [0.15, 0.2) is 24.3 Å². The van der Waals surface area contributed by atoms with Crippen molar-refractivity contribution in [3.8, 4) is 0 Å². The molecule has 17 heavy (non-hydrogen) atoms. The number of rotatable bonds is 4. The Labute approximate surface area is 102 Å². The lowest BCUT2D eigenvalue weighted by atomic mass is 10.0. The maximum absolute atomic E-state index is 5.81. The molecule has 3 heteroatoms. The monoisotopic (exact) mass is 229 g/mol. The van der Waals surface area contributed by atoms with Crippen LogP contribution < -0.4 is 5.73 Å². The van der Waals surface area contributed by atoms with Gasteiger partial charge in [-0.15, -0.1) is 0 Å². The zero-order chi connectivity index (χ0) is 12.3. The van der Waals surface area contributed by atoms with Gasteiger partial charge in [-0.1, -0.05) is 31.2 Å². The number of anilines is 1. The van der Waals surface area contributed by atoms with Crippen LogP contribution >= 0.6 is 0 Å². The normalized spacial score (nSPS) is 10.7. The molecule has 0 saturated heterocycles. The Morgan fingerprint density at radius 2 is 2.00 bits per heavy atom. The number of nitrogens with two attached hydrogens (primary N) is 1. The quantitative estimate of drug-likeness (QED) is 0.846. The zero-order valence-electron chi connectivity index (χ0n) is 10.5. The smallest absolute Gasteiger partial charge is 0.148 e. The average Bonchev–Trinajstić information content (AvgIpc) is 2.69. The molecule has 0 aliphatic carbocycles. The number of nitrogens with one attached hydrogen (secondary N) is 1. The van der Waals surface area contributed by atoms with Crippen molar-refractivity contribution in [3.05, 3.63) is 46.6 Å². The highest BCUT2D eigenvalue weighted by molar-refractivity contribution is 5.42. The first kappa shape index (κ1) is 11.7. The second-order valence-electron chi connectivity index (χ2n) is 4.35. The van der Waals surface area contributed by atoms with Crippen LogP contribution in [0.1, 0.15) is 29.3 Å². The lowest BCUT2D eigenvalue weighted by molar-refractivity contribution is 0.873. The number of benzene rings is 1. The largest absolute Gasteiger partial charge is 0.382 e. The molecule has 0 fully saturated rings. The number of hydrogen-bond acceptors (Lipinski definition) is 2. The van der Waals surface area contributed by atoms with Gasteiger partial charge in [-0.3, -0.25) is 5.10 Å². The Morgan fingerprint density at radius 1 is 1.24 bits per heavy atom. The average molecular weight is 229 g/mol. The van der Waals surface area contributed by atoms with Gasteiger partial charge in [0.05, 0.1) is 0 Å². The SMILES string of the molecule is CCc1c(N)n[nH]c1CCc1ccccc1C. The zero-order valence-corrected chi connectivity index (χ0v) is 10.5. The molecule has 90 valence electrons. The molecule has 0 unspecified atom stereocenters. The minimum absolute atomic E-state index is 0.646. The van der Waals surface area contributed by atoms with Crippen molar-refractivity contribution >= 4 is 5.82 Å². The molecule has 0 bridgehead atoms. The third-order valence-electron chi connectivity index (χ3n) is 3.24. The predicted octanol–water partition coefficient (Wildman–Crippen LogP) is 2.65. The van der Waals surface area contributed by atoms with E-state index in [1.165, 1.54) is 22.4 Å². The second kappa shape index (κ2) is 5.04. The highest BCUT2D eigenvalue weighted by Crippen LogP contribution is 2.17. The van der Waals surface area contributed by atoms with Gasteiger partial charge >= 0.3 is 0 Å². The fourth-order valence-corrected chi connectivity index (χ4v) is 2.17. The summed E-state index contributed by atoms with van der Waals surface area (Å²) in [5, 5.41) is 7.11. The first-order valence-corrected chi connectivity index (χ1v) is 6.08. The lowest BCUT2D eigenvalue weighted by Gasteiger charge is -2.05. The molecule has 2 aromatic rings. The van der Waals surface area contributed by atoms with Crippen LogP contribution in [-0.4, -0.2) is 10.2 Å². The molecular weight excluding hydrogens is 210 g/mol. The summed E-state index contributed by atoms with van der Waals surface area (Å²) in [5.41, 5.74) is 10.9. The van der Waals surface area contributed by atoms with E-state index in [-0.39, 0.29) is 0 Å². The maximum Gasteiger partial charge on any atom is 0.148 e. The topological polar surface area (TPSA) is 54.7 Å². The molecule has 0 spiro atoms. The number of nitrogen functional groups attached to an aromatic ring is 1. The van der Waals surface area contributed by atoms with Crippen LogP contribution in [0.25, 0.3) is 0 Å². The molecule has 3 N–H and O–H groups in total. The third kappa shape index (κ3) is 2.49. The van der Waals surface area contributed by atoms with Gasteiger partial charge in [-0.05, 0) is 37.3 Å². The van der Waals surface area contributed by atoms with E-state index in [1.807, 2.05) is 0 Å². The molecule has 1 heterocycles. The summed E-state index contributed by atoms with van der Waals surface area (Å²) in [7, 11) is 0. The van der Waals surface area contributed by atoms with Crippen LogP contribution in [0.2, 0.25) is 0 Å². The summed E-state index contributed by atoms with van der Waals surface area (Å²) in [5.74, 6) is 0.646. The Bertz CT molecular complexity index is 500. The van der Waals surface area contributed by atoms with E-state index in [4.69, 9.17) is 5.73 Å². The highest BCUT2D eigenvalue weighted by atomic mass is 15.2. The summed E-state index contributed by atoms with van der Waals surface area (Å²) in [4.78, 5) is 0. The number of aromatic amines is 1. The summed E-state index contributed by atoms with van der Waals surface area (Å²) >= 11 is 0. The van der Waals surface area contributed by atoms with E-state index >= 15 is 0 Å². The molecule has 1 aromatic carbocycles. The molecular formula is C14H19N3. The molecule has 0 aliphatic rings. The van der Waals surface area contributed by atoms with Crippen molar-refractivity contribution in [2.75, 3.05) is 5.73 Å². The van der Waals surface area contributed by atoms with Crippen LogP contribution in [0.4, 0.5) is 5.82 Å². The summed E-state index contributed by atoms with van der Waals surface area (Å²) < 4.78 is 0. The number of aromatic nitrogens is 2. The molecule has 0 saturated carbocycles. The van der Waals surface area contributed by atoms with Crippen molar-refractivity contribution < 1.29 is 0 Å². The van der Waals surface area contributed by atoms with Crippen LogP contribution in [-0.2, 0) is 19.3 Å². The predicted molar refractivity (Wildman–Crippen MR) is 71.0 cm³/mol. The first-order chi connectivity index (χ1) is 8.22. The molecule has 1 aromatic heterocycles. The van der Waals surface area contributed by atoms with E-state index in [1.54, 1.807) is 0 Å². The van der Waals surface area contributed by atoms with Crippen LogP contribution in [0.5, 0.6) is 0 Å². The van der Waals surface area contributed by atoms with Crippen LogP contribution in [0, 0.1) is 6.92 Å². The Hall–Kier alpha value is -1.77. The number of aryl methyl sites for hydroxylation is 3. The Kier molecular flexibility index (Phi) is 3.47. The molecule has 0 atom stereocenters. The fraction of sp³-hybridized carbons (Fsp3) is 0.357. The van der Waals surface area contributed by atoms with Crippen molar-refractivity contribution in [1.29, 1.82) is 0 Å². The molecule has 0 radical (unpaired) electrons. The van der Waals surface area contributed by atoms with E-state index in [9.17, 15) is 0 Å². The molecule has 2 rings (SSSR count). The van der Waals surface area contributed by atoms with Gasteiger partial charge < -0.3 is 5.73 Å². The molecule has 0 aliphatic heterocycles. The van der Waals surface area contributed by atoms with Crippen LogP contribution in [0.3, 0.4) is 0 Å². The summed E-state index contributed by atoms with van der Waals surface area (Å²) in [6.45, 7) is 4.26. The van der Waals surface area contributed by atoms with Crippen molar-refractivity contribution in [3.63, 3.8) is 0 Å². The van der Waals surface area contributed by atoms with E-state index in [0.29, 0.717) is 5.82 Å². The first-order valence-electron chi connectivity index (χ1n) is 6.08. The summed E-state index contributed by atoms with van der Waals surface area (Å²) in [6.07, 6.45) is 2.94. The number of H-pyrrole nitrogens is 1. The minimum Gasteiger partial charge on any atom is -0.382 e. The van der Waals surface area contributed by atoms with Crippen molar-refractivity contribution in [1.82, 2.24) is 10.2 Å². The van der Waals surface area contributed by atoms with Gasteiger partial charge in [-0.2, -0.15) is 5.10 Å². The van der Waals surface area contributed by atoms with Gasteiger partial charge in [-0.25, -0.2) is 0 Å². The fourth-order valence-electron chi connectivity index (χ4n) is 2.17. The van der Waals surface area contributed by atoms with Crippen molar-refractivity contribution in [2.45, 2.75) is 33.1 Å². The maximum atomic E-state index is 5.81. The third-order valence-corrected chi connectivity index (χ3v) is 3.24. The standard InChI is InChI=1S/C14H19N3/c1-3-12-13(16-17-14(12)15)9-8-11-7-5-4-6-10(11)2/h4-7H,3,8-9H2,1-2H3,(H3,15,16,17). The summed E-state index contributed by atoms with van der Waals surface area (Å²) in [6, 6.07) is 8.49. The highest BCUT2D eigenvalue weighted by Gasteiger charge is 2.08. The van der Waals surface area contributed by atoms with E-state index < -0.39 is 0 Å². The van der Waals surface area contributed by atoms with Gasteiger partial charge in [0.2, 0.25) is 0 Å². The lowest BCUT2D eigenvalue weighted by Crippen LogP contribution is -1.98. The van der Waals surface area contributed by atoms with E-state index in [0.717, 1.165) is 19.3 Å². The Balaban J connectivity index is 2.10. The van der Waals surface area contributed by atoms with Gasteiger partial charge in [0.15, 0.2) is 0 Å². The second-order valence-corrected chi connectivity index (χ2v) is 4.35. The molecule has 3 nitrogen and oxygen atoms in total. The Morgan fingerprint density at radius 3 is 2.71 bits per heavy atom. The van der Waals surface area contributed by atoms with Crippen molar-refractivity contribution in [2.24, 2.45) is 0 Å².